The summed E-state index contributed by atoms with van der Waals surface area (Å²) in [6, 6.07) is 39.1. The van der Waals surface area contributed by atoms with Gasteiger partial charge in [-0.05, 0) is 40.1 Å². The molecule has 0 radical (unpaired) electrons. The van der Waals surface area contributed by atoms with Gasteiger partial charge in [-0.3, -0.25) is 9.69 Å². The van der Waals surface area contributed by atoms with Crippen LogP contribution >= 0.6 is 95.1 Å². The minimum absolute atomic E-state index is 0. The number of nitrogens with zero attached hydrogens (tertiary/aromatic N) is 10. The fraction of sp³-hybridized carbons (Fsp3) is 0.587. The summed E-state index contributed by atoms with van der Waals surface area (Å²) in [4.78, 5) is 32.1. The van der Waals surface area contributed by atoms with Crippen molar-refractivity contribution >= 4 is 106 Å². The molecule has 0 bridgehead atoms. The van der Waals surface area contributed by atoms with Gasteiger partial charge in [-0.1, -0.05) is 139 Å². The van der Waals surface area contributed by atoms with Crippen LogP contribution in [0.5, 0.6) is 0 Å². The Bertz CT molecular complexity index is 3310. The van der Waals surface area contributed by atoms with Crippen LogP contribution in [0.4, 0.5) is 11.4 Å². The Labute approximate surface area is 845 Å². The van der Waals surface area contributed by atoms with Crippen molar-refractivity contribution in [3.8, 4) is 11.8 Å². The van der Waals surface area contributed by atoms with Crippen LogP contribution < -0.4 is 0 Å². The van der Waals surface area contributed by atoms with Gasteiger partial charge in [-0.15, -0.1) is 0 Å². The van der Waals surface area contributed by atoms with Crippen molar-refractivity contribution in [3.05, 3.63) is 259 Å². The van der Waals surface area contributed by atoms with Gasteiger partial charge in [0.2, 0.25) is 39.3 Å². The van der Waals surface area contributed by atoms with Crippen molar-refractivity contribution in [2.75, 3.05) is 225 Å². The molecule has 4 atom stereocenters. The van der Waals surface area contributed by atoms with Gasteiger partial charge < -0.3 is 53.8 Å². The van der Waals surface area contributed by atoms with E-state index in [-0.39, 0.29) is 233 Å². The number of para-hydroxylation sites is 2. The van der Waals surface area contributed by atoms with Gasteiger partial charge >= 0.3 is 137 Å². The fourth-order valence-electron chi connectivity index (χ4n) is 10.6. The zero-order valence-corrected chi connectivity index (χ0v) is 107. The number of rotatable bonds is 18. The standard InChI is InChI=1S/2C13H19NP2.2C12H23P2.2C7H5N.2C5H9N.2C5H14P2.4C2H3N.6Pt/c2*1-14-13(16(4)5,11-15(2)3)12-9-7-6-8-10-12;2*1-9-12(14(7)8,10-13(5)6)11(2,3)4;2*1-8-7-5-3-2-4-6-7;2*1-5(2,3)6-4;2*1-6(2)5-7(3)4;4*1-3-2;;;;;;/h2*6-10H,11H2,2-5H3;2*10H2,2-8H3;2*2-6H;2*1-3H3;2*5H2,1-4H3;4*1H3;;;;;;/q;;2*-1;;;;;;;;;;;6*+2/p+12. The third kappa shape index (κ3) is 87.5. The van der Waals surface area contributed by atoms with Gasteiger partial charge in [-0.25, -0.2) is 62.3 Å². The molecule has 28 heteroatoms. The molecule has 4 aromatic carbocycles. The Morgan fingerprint density at radius 3 is 0.500 bits per heavy atom. The molecule has 0 aromatic heterocycles. The van der Waals surface area contributed by atoms with E-state index in [9.17, 15) is 0 Å². The maximum absolute atomic E-state index is 7.68. The smallest absolute Gasteiger partial charge is 0.689 e. The Kier molecular flexibility index (Phi) is 121. The molecular formula is C92H164N10P12Pt6+22. The molecule has 0 fully saturated rings. The van der Waals surface area contributed by atoms with Crippen molar-refractivity contribution < 1.29 is 126 Å². The van der Waals surface area contributed by atoms with Crippen molar-refractivity contribution in [1.29, 1.82) is 0 Å². The SMILES string of the molecule is C[PH+](C)C[PH+](C)C.C[PH+](C)C[PH+](C)C.[C-]#CC(C[PH+](C)C)([PH+](C)C)C(C)(C)C.[C-]#CC(C[PH+](C)C)([PH+](C)C)C(C)(C)C.[C-]#[N+]C.[C-]#[N+]C.[C-]#[N+]C.[C-]#[N+]C.[C-]#[N+]C(C)(C)C.[C-]#[N+]C(C)(C)C.[C-]#[N+]C(C[PH+](C)C)(c1ccccc1)[PH+](C)C.[C-]#[N+]C(C[PH+](C)C)(c1ccccc1)[PH+](C)C.[C-]#[N+]c1ccccc1.[C-]#[N+]c1ccccc1.[Pt+2].[Pt+2].[Pt+2].[Pt+2].[Pt+2].[Pt+2]. The fourth-order valence-corrected chi connectivity index (χ4v) is 43.2. The first-order chi connectivity index (χ1) is 52.3. The van der Waals surface area contributed by atoms with Gasteiger partial charge in [0.15, 0.2) is 35.5 Å². The van der Waals surface area contributed by atoms with E-state index < -0.39 is 31.7 Å². The van der Waals surface area contributed by atoms with Gasteiger partial charge in [0.05, 0.1) is 66.8 Å². The van der Waals surface area contributed by atoms with Crippen LogP contribution in [0, 0.1) is 101 Å². The first kappa shape index (κ1) is 157. The van der Waals surface area contributed by atoms with Crippen LogP contribution in [0.2, 0.25) is 0 Å². The van der Waals surface area contributed by atoms with E-state index in [1.54, 1.807) is 36.1 Å². The molecule has 4 aromatic rings. The quantitative estimate of drug-likeness (QED) is 0.0541. The van der Waals surface area contributed by atoms with Crippen LogP contribution in [0.25, 0.3) is 48.5 Å². The molecule has 0 aliphatic heterocycles. The summed E-state index contributed by atoms with van der Waals surface area (Å²) in [6.07, 6.45) is 19.9. The predicted octanol–water partition coefficient (Wildman–Crippen LogP) is 27.8. The van der Waals surface area contributed by atoms with E-state index >= 15 is 0 Å². The third-order valence-corrected chi connectivity index (χ3v) is 43.2. The van der Waals surface area contributed by atoms with Gasteiger partial charge in [0, 0.05) is 249 Å². The van der Waals surface area contributed by atoms with Crippen molar-refractivity contribution in [2.45, 2.75) is 115 Å². The summed E-state index contributed by atoms with van der Waals surface area (Å²) < 4.78 is 0. The first-order valence-electron chi connectivity index (χ1n) is 38.3. The molecule has 0 heterocycles. The molecule has 0 aliphatic rings. The van der Waals surface area contributed by atoms with Crippen molar-refractivity contribution in [1.82, 2.24) is 0 Å². The van der Waals surface area contributed by atoms with Crippen molar-refractivity contribution in [3.63, 3.8) is 0 Å². The molecule has 120 heavy (non-hydrogen) atoms. The Hall–Kier alpha value is 0.190. The van der Waals surface area contributed by atoms with E-state index in [1.165, 1.54) is 51.6 Å². The number of hydrogen-bond acceptors (Lipinski definition) is 0. The summed E-state index contributed by atoms with van der Waals surface area (Å²) in [5.41, 5.74) is 3.91. The topological polar surface area (TPSA) is 43.6 Å². The average Bonchev–Trinajstić information content (AvgIpc) is 0.819. The maximum atomic E-state index is 7.68. The minimum Gasteiger partial charge on any atom is -0.689 e. The predicted molar refractivity (Wildman–Crippen MR) is 567 cm³/mol. The van der Waals surface area contributed by atoms with Gasteiger partial charge in [-0.2, -0.15) is 0 Å². The second-order valence-electron chi connectivity index (χ2n) is 34.3. The molecule has 0 aliphatic carbocycles. The Morgan fingerprint density at radius 2 is 0.425 bits per heavy atom. The minimum atomic E-state index is -0.659. The van der Waals surface area contributed by atoms with Crippen molar-refractivity contribution in [2.24, 2.45) is 10.8 Å². The molecule has 4 unspecified atom stereocenters. The summed E-state index contributed by atoms with van der Waals surface area (Å²) in [6.45, 7) is 146. The van der Waals surface area contributed by atoms with Crippen LogP contribution in [0.1, 0.15) is 94.2 Å². The molecule has 0 N–H and O–H groups in total. The van der Waals surface area contributed by atoms with Crippen LogP contribution in [-0.2, 0) is 137 Å². The van der Waals surface area contributed by atoms with Crippen LogP contribution in [0.3, 0.4) is 0 Å². The van der Waals surface area contributed by atoms with Gasteiger partial charge in [0.1, 0.15) is 22.6 Å². The molecule has 0 saturated heterocycles. The average molecular weight is 2950 g/mol. The molecule has 0 spiro atoms. The Balaban J connectivity index is -0.0000000712. The van der Waals surface area contributed by atoms with E-state index in [0.29, 0.717) is 11.4 Å². The normalized spacial score (nSPS) is 11.5. The molecule has 680 valence electrons. The maximum Gasteiger partial charge on any atom is 2.00 e. The van der Waals surface area contributed by atoms with Crippen LogP contribution in [0.15, 0.2) is 121 Å². The zero-order chi connectivity index (χ0) is 92.1. The Morgan fingerprint density at radius 1 is 0.258 bits per heavy atom. The van der Waals surface area contributed by atoms with E-state index in [1.807, 2.05) is 90.1 Å². The summed E-state index contributed by atoms with van der Waals surface area (Å²) in [7, 11) is 2.44. The summed E-state index contributed by atoms with van der Waals surface area (Å²) in [5.74, 6) is 8.94. The molecule has 4 rings (SSSR count). The number of benzene rings is 4. The molecule has 10 nitrogen and oxygen atoms in total. The first-order valence-corrected chi connectivity index (χ1v) is 69.9. The summed E-state index contributed by atoms with van der Waals surface area (Å²) in [5, 5.41) is -0.279. The summed E-state index contributed by atoms with van der Waals surface area (Å²) >= 11 is 0. The van der Waals surface area contributed by atoms with Crippen LogP contribution in [-0.4, -0.2) is 246 Å². The van der Waals surface area contributed by atoms with E-state index in [0.717, 1.165) is 12.3 Å². The second-order valence-corrected chi connectivity index (χ2v) is 69.2. The van der Waals surface area contributed by atoms with E-state index in [4.69, 9.17) is 78.6 Å². The van der Waals surface area contributed by atoms with Gasteiger partial charge in [0.25, 0.3) is 0 Å². The third-order valence-electron chi connectivity index (χ3n) is 15.5. The van der Waals surface area contributed by atoms with E-state index in [2.05, 4.69) is 310 Å². The largest absolute Gasteiger partial charge is 2.00 e. The second kappa shape index (κ2) is 92.5. The number of hydrogen-bond donors (Lipinski definition) is 0. The monoisotopic (exact) mass is 2950 g/mol. The molecule has 0 amide bonds. The molecule has 0 saturated carbocycles. The molecular weight excluding hydrogens is 2790 g/mol. The zero-order valence-electron chi connectivity index (χ0n) is 81.2.